The number of hydrogen-bond acceptors (Lipinski definition) is 4. The van der Waals surface area contributed by atoms with Gasteiger partial charge in [0.05, 0.1) is 4.90 Å². The molecule has 0 aliphatic carbocycles. The summed E-state index contributed by atoms with van der Waals surface area (Å²) in [5.74, 6) is -0.129. The summed E-state index contributed by atoms with van der Waals surface area (Å²) in [5.41, 5.74) is 1.18. The molecule has 0 amide bonds. The summed E-state index contributed by atoms with van der Waals surface area (Å²) in [7, 11) is -0.521. The van der Waals surface area contributed by atoms with E-state index in [1.807, 2.05) is 6.07 Å². The van der Waals surface area contributed by atoms with Crippen molar-refractivity contribution in [1.29, 1.82) is 0 Å². The molecule has 0 aromatic heterocycles. The van der Waals surface area contributed by atoms with Crippen LogP contribution in [0.5, 0.6) is 0 Å². The van der Waals surface area contributed by atoms with Gasteiger partial charge in [-0.15, -0.1) is 0 Å². The third-order valence-electron chi connectivity index (χ3n) is 3.16. The van der Waals surface area contributed by atoms with E-state index in [1.165, 1.54) is 38.5 Å². The van der Waals surface area contributed by atoms with Crippen LogP contribution in [0.2, 0.25) is 0 Å². The Kier molecular flexibility index (Phi) is 5.31. The van der Waals surface area contributed by atoms with Crippen LogP contribution in [-0.4, -0.2) is 32.6 Å². The molecule has 0 aliphatic rings. The van der Waals surface area contributed by atoms with E-state index in [0.29, 0.717) is 11.3 Å². The quantitative estimate of drug-likeness (QED) is 0.653. The van der Waals surface area contributed by atoms with Crippen LogP contribution < -0.4 is 5.32 Å². The Morgan fingerprint density at radius 2 is 1.74 bits per heavy atom. The largest absolute Gasteiger partial charge is 0.362 e. The highest BCUT2D eigenvalue weighted by molar-refractivity contribution is 7.89. The fraction of sp³-hybridized carbons (Fsp3) is 0.118. The lowest BCUT2D eigenvalue weighted by atomic mass is 10.1. The van der Waals surface area contributed by atoms with Crippen LogP contribution in [-0.2, 0) is 10.0 Å². The maximum absolute atomic E-state index is 12.1. The molecule has 23 heavy (non-hydrogen) atoms. The molecule has 1 N–H and O–H groups in total. The number of ketones is 1. The summed E-state index contributed by atoms with van der Waals surface area (Å²) in [6, 6.07) is 15.3. The van der Waals surface area contributed by atoms with Crippen molar-refractivity contribution in [3.8, 4) is 0 Å². The minimum atomic E-state index is -3.48. The van der Waals surface area contributed by atoms with Crippen LogP contribution in [0, 0.1) is 0 Å². The Bertz CT molecular complexity index is 813. The maximum Gasteiger partial charge on any atom is 0.242 e. The molecule has 0 spiro atoms. The van der Waals surface area contributed by atoms with E-state index in [9.17, 15) is 13.2 Å². The second kappa shape index (κ2) is 7.21. The zero-order valence-corrected chi connectivity index (χ0v) is 13.7. The van der Waals surface area contributed by atoms with E-state index in [1.54, 1.807) is 36.4 Å². The Morgan fingerprint density at radius 1 is 1.04 bits per heavy atom. The minimum Gasteiger partial charge on any atom is -0.362 e. The number of sulfonamides is 1. The van der Waals surface area contributed by atoms with Gasteiger partial charge in [-0.2, -0.15) is 0 Å². The summed E-state index contributed by atoms with van der Waals surface area (Å²) in [5, 5.41) is 2.91. The molecule has 0 aliphatic heterocycles. The van der Waals surface area contributed by atoms with Gasteiger partial charge >= 0.3 is 0 Å². The highest BCUT2D eigenvalue weighted by atomic mass is 32.2. The number of carbonyl (C=O) groups excluding carboxylic acids is 1. The number of allylic oxidation sites excluding steroid dienone is 1. The molecule has 0 unspecified atom stereocenters. The molecule has 120 valence electrons. The number of nitrogens with one attached hydrogen (secondary N) is 1. The molecule has 6 heteroatoms. The van der Waals surface area contributed by atoms with Gasteiger partial charge in [0.2, 0.25) is 10.0 Å². The molecule has 0 saturated carbocycles. The lowest BCUT2D eigenvalue weighted by Crippen LogP contribution is -2.22. The Labute approximate surface area is 136 Å². The average molecular weight is 330 g/mol. The second-order valence-corrected chi connectivity index (χ2v) is 7.18. The minimum absolute atomic E-state index is 0.129. The highest BCUT2D eigenvalue weighted by Gasteiger charge is 2.16. The fourth-order valence-corrected chi connectivity index (χ4v) is 2.82. The third kappa shape index (κ3) is 4.28. The molecule has 0 saturated heterocycles. The van der Waals surface area contributed by atoms with E-state index < -0.39 is 10.0 Å². The van der Waals surface area contributed by atoms with E-state index in [4.69, 9.17) is 0 Å². The van der Waals surface area contributed by atoms with Crippen LogP contribution in [0.1, 0.15) is 10.4 Å². The first kappa shape index (κ1) is 16.9. The van der Waals surface area contributed by atoms with Crippen molar-refractivity contribution in [2.24, 2.45) is 0 Å². The van der Waals surface area contributed by atoms with Crippen LogP contribution >= 0.6 is 0 Å². The van der Waals surface area contributed by atoms with Crippen molar-refractivity contribution >= 4 is 21.5 Å². The smallest absolute Gasteiger partial charge is 0.242 e. The van der Waals surface area contributed by atoms with E-state index >= 15 is 0 Å². The van der Waals surface area contributed by atoms with Crippen LogP contribution in [0.25, 0.3) is 0 Å². The van der Waals surface area contributed by atoms with Crippen LogP contribution in [0.4, 0.5) is 5.69 Å². The molecule has 2 rings (SSSR count). The fourth-order valence-electron chi connectivity index (χ4n) is 1.87. The van der Waals surface area contributed by atoms with Gasteiger partial charge in [-0.05, 0) is 18.2 Å². The molecular formula is C17H18N2O3S. The lowest BCUT2D eigenvalue weighted by molar-refractivity contribution is 0.104. The van der Waals surface area contributed by atoms with Gasteiger partial charge < -0.3 is 5.32 Å². The van der Waals surface area contributed by atoms with Crippen molar-refractivity contribution in [3.05, 3.63) is 72.4 Å². The zero-order valence-electron chi connectivity index (χ0n) is 12.9. The molecule has 0 atom stereocenters. The SMILES string of the molecule is CN(C)S(=O)(=O)c1cccc(N/C=C\C(=O)c2ccccc2)c1. The molecule has 5 nitrogen and oxygen atoms in total. The topological polar surface area (TPSA) is 66.5 Å². The average Bonchev–Trinajstić information content (AvgIpc) is 2.55. The predicted molar refractivity (Wildman–Crippen MR) is 90.9 cm³/mol. The second-order valence-electron chi connectivity index (χ2n) is 5.02. The highest BCUT2D eigenvalue weighted by Crippen LogP contribution is 2.17. The van der Waals surface area contributed by atoms with Crippen LogP contribution in [0.15, 0.2) is 71.8 Å². The summed E-state index contributed by atoms with van der Waals surface area (Å²) in [4.78, 5) is 12.1. The number of nitrogens with zero attached hydrogens (tertiary/aromatic N) is 1. The van der Waals surface area contributed by atoms with Crippen molar-refractivity contribution < 1.29 is 13.2 Å². The maximum atomic E-state index is 12.1. The number of benzene rings is 2. The summed E-state index contributed by atoms with van der Waals surface area (Å²) in [6.07, 6.45) is 2.90. The first-order chi connectivity index (χ1) is 10.9. The lowest BCUT2D eigenvalue weighted by Gasteiger charge is -2.12. The van der Waals surface area contributed by atoms with Gasteiger partial charge in [0.15, 0.2) is 5.78 Å². The summed E-state index contributed by atoms with van der Waals surface area (Å²) < 4.78 is 25.3. The molecule has 0 radical (unpaired) electrons. The van der Waals surface area contributed by atoms with E-state index in [2.05, 4.69) is 5.32 Å². The van der Waals surface area contributed by atoms with Crippen molar-refractivity contribution in [3.63, 3.8) is 0 Å². The van der Waals surface area contributed by atoms with Crippen molar-refractivity contribution in [1.82, 2.24) is 4.31 Å². The van der Waals surface area contributed by atoms with Gasteiger partial charge in [-0.25, -0.2) is 12.7 Å². The molecule has 2 aromatic rings. The van der Waals surface area contributed by atoms with Gasteiger partial charge in [0.1, 0.15) is 0 Å². The zero-order chi connectivity index (χ0) is 16.9. The Morgan fingerprint density at radius 3 is 2.39 bits per heavy atom. The number of rotatable bonds is 6. The molecule has 2 aromatic carbocycles. The first-order valence-electron chi connectivity index (χ1n) is 6.96. The van der Waals surface area contributed by atoms with Gasteiger partial charge in [0.25, 0.3) is 0 Å². The number of carbonyl (C=O) groups is 1. The van der Waals surface area contributed by atoms with Gasteiger partial charge in [-0.3, -0.25) is 4.79 Å². The van der Waals surface area contributed by atoms with E-state index in [-0.39, 0.29) is 10.7 Å². The standard InChI is InChI=1S/C17H18N2O3S/c1-19(2)23(21,22)16-10-6-9-15(13-16)18-12-11-17(20)14-7-4-3-5-8-14/h3-13,18H,1-2H3/b12-11-. The van der Waals surface area contributed by atoms with E-state index in [0.717, 1.165) is 4.31 Å². The molecule has 0 bridgehead atoms. The van der Waals surface area contributed by atoms with Gasteiger partial charge in [-0.1, -0.05) is 36.4 Å². The first-order valence-corrected chi connectivity index (χ1v) is 8.40. The molecular weight excluding hydrogens is 312 g/mol. The van der Waals surface area contributed by atoms with Crippen molar-refractivity contribution in [2.75, 3.05) is 19.4 Å². The number of anilines is 1. The predicted octanol–water partition coefficient (Wildman–Crippen LogP) is 2.75. The monoisotopic (exact) mass is 330 g/mol. The normalized spacial score (nSPS) is 11.8. The van der Waals surface area contributed by atoms with Gasteiger partial charge in [0, 0.05) is 37.6 Å². The summed E-state index contributed by atoms with van der Waals surface area (Å²) in [6.45, 7) is 0. The Hall–Kier alpha value is -2.44. The third-order valence-corrected chi connectivity index (χ3v) is 4.97. The van der Waals surface area contributed by atoms with Crippen LogP contribution in [0.3, 0.4) is 0 Å². The molecule has 0 heterocycles. The Balaban J connectivity index is 2.10. The van der Waals surface area contributed by atoms with Crippen molar-refractivity contribution in [2.45, 2.75) is 4.90 Å². The summed E-state index contributed by atoms with van der Waals surface area (Å²) >= 11 is 0. The number of hydrogen-bond donors (Lipinski definition) is 1. The molecule has 0 fully saturated rings.